The molecule has 3 rings (SSSR count). The van der Waals surface area contributed by atoms with Gasteiger partial charge in [-0.15, -0.1) is 0 Å². The fraction of sp³-hybridized carbons (Fsp3) is 0.471. The van der Waals surface area contributed by atoms with E-state index >= 15 is 4.39 Å². The van der Waals surface area contributed by atoms with E-state index < -0.39 is 59.4 Å². The van der Waals surface area contributed by atoms with Gasteiger partial charge in [-0.3, -0.25) is 15.0 Å². The number of aliphatic hydroxyl groups is 1. The number of aliphatic hydroxyl groups excluding tert-OH is 1. The molecule has 0 fully saturated rings. The van der Waals surface area contributed by atoms with Gasteiger partial charge in [0, 0.05) is 43.4 Å². The minimum Gasteiger partial charge on any atom is -0.465 e. The molecule has 13 heteroatoms. The maximum Gasteiger partial charge on any atom is 0.408 e. The van der Waals surface area contributed by atoms with Crippen LogP contribution in [0.3, 0.4) is 0 Å². The average molecular weight is 657 g/mol. The standard InChI is InChI=1S/C34H46F2N6O5/c1-33(2,3)30(41(29(45)21-44)28(38-15-14-37)17-24(20-43)42(32(46)47)34(4,5)6)31-39-27(25-16-23(35)12-13-26(25)36)19-40(31)18-22-10-8-7-9-11-22/h7-13,16,19-20,24,28,30,38,44H,14-15,17-18,21,37H2,1-6H3,(H,46,47)/t24-,28?,30-/m0/s1. The van der Waals surface area contributed by atoms with Gasteiger partial charge in [-0.05, 0) is 49.9 Å². The monoisotopic (exact) mass is 656 g/mol. The number of hydrogen-bond donors (Lipinski definition) is 4. The first-order valence-corrected chi connectivity index (χ1v) is 15.4. The number of halogens is 2. The van der Waals surface area contributed by atoms with Crippen molar-refractivity contribution in [2.45, 2.75) is 78.3 Å². The summed E-state index contributed by atoms with van der Waals surface area (Å²) in [6.45, 7) is 10.2. The Kier molecular flexibility index (Phi) is 12.4. The number of carbonyl (C=O) groups is 3. The highest BCUT2D eigenvalue weighted by Gasteiger charge is 2.44. The topological polar surface area (TPSA) is 154 Å². The zero-order chi connectivity index (χ0) is 35.1. The molecule has 3 atom stereocenters. The van der Waals surface area contributed by atoms with Gasteiger partial charge in [-0.1, -0.05) is 51.1 Å². The molecular formula is C34H46F2N6O5. The zero-order valence-corrected chi connectivity index (χ0v) is 27.8. The van der Waals surface area contributed by atoms with Crippen LogP contribution in [0.25, 0.3) is 11.3 Å². The van der Waals surface area contributed by atoms with E-state index in [1.807, 2.05) is 51.1 Å². The van der Waals surface area contributed by atoms with E-state index in [9.17, 15) is 29.0 Å². The third-order valence-corrected chi connectivity index (χ3v) is 7.72. The summed E-state index contributed by atoms with van der Waals surface area (Å²) in [5.41, 5.74) is 4.97. The summed E-state index contributed by atoms with van der Waals surface area (Å²) in [6.07, 6.45) is -0.414. The average Bonchev–Trinajstić information content (AvgIpc) is 3.39. The summed E-state index contributed by atoms with van der Waals surface area (Å²) in [5, 5.41) is 23.5. The van der Waals surface area contributed by atoms with Gasteiger partial charge in [0.25, 0.3) is 0 Å². The van der Waals surface area contributed by atoms with Crippen LogP contribution in [0.1, 0.15) is 65.4 Å². The molecule has 2 amide bonds. The quantitative estimate of drug-likeness (QED) is 0.147. The van der Waals surface area contributed by atoms with Crippen molar-refractivity contribution in [2.24, 2.45) is 11.1 Å². The molecule has 0 aliphatic heterocycles. The molecule has 0 spiro atoms. The minimum absolute atomic E-state index is 0.0770. The molecule has 0 aliphatic rings. The van der Waals surface area contributed by atoms with E-state index in [0.717, 1.165) is 28.7 Å². The molecule has 1 unspecified atom stereocenters. The first-order chi connectivity index (χ1) is 22.0. The van der Waals surface area contributed by atoms with E-state index in [1.165, 1.54) is 4.90 Å². The molecule has 11 nitrogen and oxygen atoms in total. The van der Waals surface area contributed by atoms with Crippen LogP contribution in [-0.2, 0) is 16.1 Å². The van der Waals surface area contributed by atoms with Gasteiger partial charge in [-0.25, -0.2) is 18.6 Å². The van der Waals surface area contributed by atoms with Crippen LogP contribution in [0, 0.1) is 17.0 Å². The number of carbonyl (C=O) groups excluding carboxylic acids is 2. The molecule has 0 bridgehead atoms. The number of nitrogens with one attached hydrogen (secondary N) is 1. The number of aldehydes is 1. The third-order valence-electron chi connectivity index (χ3n) is 7.72. The number of benzene rings is 2. The fourth-order valence-electron chi connectivity index (χ4n) is 5.81. The predicted molar refractivity (Wildman–Crippen MR) is 174 cm³/mol. The van der Waals surface area contributed by atoms with E-state index in [2.05, 4.69) is 5.32 Å². The summed E-state index contributed by atoms with van der Waals surface area (Å²) in [7, 11) is 0. The summed E-state index contributed by atoms with van der Waals surface area (Å²) in [4.78, 5) is 45.9. The molecule has 0 radical (unpaired) electrons. The number of carboxylic acid groups (broad SMARTS) is 1. The molecule has 0 saturated carbocycles. The number of amides is 2. The van der Waals surface area contributed by atoms with Crippen molar-refractivity contribution in [1.29, 1.82) is 0 Å². The van der Waals surface area contributed by atoms with Gasteiger partial charge in [0.05, 0.1) is 23.9 Å². The van der Waals surface area contributed by atoms with Crippen molar-refractivity contribution in [1.82, 2.24) is 24.7 Å². The van der Waals surface area contributed by atoms with E-state index in [4.69, 9.17) is 10.7 Å². The normalized spacial score (nSPS) is 13.9. The number of imidazole rings is 1. The van der Waals surface area contributed by atoms with Crippen molar-refractivity contribution in [3.05, 3.63) is 77.8 Å². The smallest absolute Gasteiger partial charge is 0.408 e. The molecule has 47 heavy (non-hydrogen) atoms. The molecule has 1 heterocycles. The minimum atomic E-state index is -1.32. The van der Waals surface area contributed by atoms with Gasteiger partial charge in [0.2, 0.25) is 5.91 Å². The Morgan fingerprint density at radius 2 is 1.74 bits per heavy atom. The van der Waals surface area contributed by atoms with Crippen LogP contribution in [0.5, 0.6) is 0 Å². The highest BCUT2D eigenvalue weighted by Crippen LogP contribution is 2.41. The first-order valence-electron chi connectivity index (χ1n) is 15.4. The van der Waals surface area contributed by atoms with Crippen molar-refractivity contribution in [3.63, 3.8) is 0 Å². The lowest BCUT2D eigenvalue weighted by Crippen LogP contribution is -2.59. The lowest BCUT2D eigenvalue weighted by molar-refractivity contribution is -0.145. The lowest BCUT2D eigenvalue weighted by atomic mass is 9.84. The van der Waals surface area contributed by atoms with E-state index in [0.29, 0.717) is 12.1 Å². The maximum atomic E-state index is 15.1. The van der Waals surface area contributed by atoms with Crippen LogP contribution < -0.4 is 11.1 Å². The Morgan fingerprint density at radius 3 is 2.28 bits per heavy atom. The second kappa shape index (κ2) is 15.6. The Hall–Kier alpha value is -4.20. The second-order valence-electron chi connectivity index (χ2n) is 13.5. The summed E-state index contributed by atoms with van der Waals surface area (Å²) < 4.78 is 31.1. The number of aromatic nitrogens is 2. The predicted octanol–water partition coefficient (Wildman–Crippen LogP) is 4.40. The van der Waals surface area contributed by atoms with Crippen LogP contribution in [0.15, 0.2) is 54.7 Å². The van der Waals surface area contributed by atoms with Gasteiger partial charge < -0.3 is 30.2 Å². The SMILES string of the molecule is CC(C)(C)[C@H](c1nc(-c2cc(F)ccc2F)cn1Cc1ccccc1)N(C(=O)CO)C(C[C@@H](C=O)N(C(=O)O)C(C)(C)C)NCCN. The lowest BCUT2D eigenvalue weighted by Gasteiger charge is -2.46. The fourth-order valence-corrected chi connectivity index (χ4v) is 5.81. The molecule has 2 aromatic carbocycles. The number of hydrogen-bond acceptors (Lipinski definition) is 7. The molecular weight excluding hydrogens is 610 g/mol. The summed E-state index contributed by atoms with van der Waals surface area (Å²) in [6, 6.07) is 10.3. The van der Waals surface area contributed by atoms with Crippen LogP contribution in [0.4, 0.5) is 13.6 Å². The molecule has 3 aromatic rings. The maximum absolute atomic E-state index is 15.1. The number of nitrogens with zero attached hydrogens (tertiary/aromatic N) is 4. The Balaban J connectivity index is 2.30. The first kappa shape index (κ1) is 37.3. The van der Waals surface area contributed by atoms with Gasteiger partial charge in [0.1, 0.15) is 30.4 Å². The largest absolute Gasteiger partial charge is 0.465 e. The Morgan fingerprint density at radius 1 is 1.09 bits per heavy atom. The second-order valence-corrected chi connectivity index (χ2v) is 13.5. The molecule has 1 aromatic heterocycles. The van der Waals surface area contributed by atoms with Crippen LogP contribution in [0.2, 0.25) is 0 Å². The number of rotatable bonds is 14. The molecule has 5 N–H and O–H groups in total. The molecule has 0 saturated heterocycles. The highest BCUT2D eigenvalue weighted by molar-refractivity contribution is 5.78. The van der Waals surface area contributed by atoms with Gasteiger partial charge >= 0.3 is 6.09 Å². The van der Waals surface area contributed by atoms with Crippen molar-refractivity contribution in [3.8, 4) is 11.3 Å². The number of nitrogens with two attached hydrogens (primary N) is 1. The van der Waals surface area contributed by atoms with Crippen molar-refractivity contribution < 1.29 is 33.4 Å². The Labute approximate surface area is 274 Å². The summed E-state index contributed by atoms with van der Waals surface area (Å²) >= 11 is 0. The molecule has 256 valence electrons. The van der Waals surface area contributed by atoms with Gasteiger partial charge in [-0.2, -0.15) is 0 Å². The Bertz CT molecular complexity index is 1520. The van der Waals surface area contributed by atoms with Crippen molar-refractivity contribution in [2.75, 3.05) is 19.7 Å². The third kappa shape index (κ3) is 9.21. The van der Waals surface area contributed by atoms with Gasteiger partial charge in [0.15, 0.2) is 0 Å². The summed E-state index contributed by atoms with van der Waals surface area (Å²) in [5.74, 6) is -1.77. The van der Waals surface area contributed by atoms with E-state index in [1.54, 1.807) is 31.5 Å². The zero-order valence-electron chi connectivity index (χ0n) is 27.8. The van der Waals surface area contributed by atoms with Crippen LogP contribution in [-0.4, -0.2) is 85.3 Å². The van der Waals surface area contributed by atoms with Crippen molar-refractivity contribution >= 4 is 18.3 Å². The molecule has 0 aliphatic carbocycles. The van der Waals surface area contributed by atoms with E-state index in [-0.39, 0.29) is 37.3 Å². The van der Waals surface area contributed by atoms with Crippen LogP contribution >= 0.6 is 0 Å². The highest BCUT2D eigenvalue weighted by atomic mass is 19.1.